The topological polar surface area (TPSA) is 61.8 Å². The molecule has 2 aromatic rings. The van der Waals surface area contributed by atoms with Crippen LogP contribution in [0.1, 0.15) is 36.5 Å². The van der Waals surface area contributed by atoms with Gasteiger partial charge in [0.25, 0.3) is 5.91 Å². The Balaban J connectivity index is 1.84. The molecule has 9 heteroatoms. The first-order valence-electron chi connectivity index (χ1n) is 10.3. The number of hydrogen-bond donors (Lipinski definition) is 1. The zero-order valence-electron chi connectivity index (χ0n) is 18.4. The summed E-state index contributed by atoms with van der Waals surface area (Å²) >= 11 is 0.909. The predicted octanol–water partition coefficient (Wildman–Crippen LogP) is 5.27. The summed E-state index contributed by atoms with van der Waals surface area (Å²) < 4.78 is 37.0. The first kappa shape index (κ1) is 24.6. The SMILES string of the molecule is Cc1ccc(N2C(=O)C(=Cc3ccc(C(C)C)cc3)N=C2SCC(=O)NCC(F)(F)F)cc1. The van der Waals surface area contributed by atoms with E-state index in [4.69, 9.17) is 0 Å². The monoisotopic (exact) mass is 475 g/mol. The van der Waals surface area contributed by atoms with Gasteiger partial charge in [-0.3, -0.25) is 14.5 Å². The summed E-state index contributed by atoms with van der Waals surface area (Å²) in [6.45, 7) is 4.69. The lowest BCUT2D eigenvalue weighted by molar-refractivity contribution is -0.136. The Morgan fingerprint density at radius 3 is 2.33 bits per heavy atom. The van der Waals surface area contributed by atoms with Crippen molar-refractivity contribution in [1.82, 2.24) is 5.32 Å². The van der Waals surface area contributed by atoms with Crippen molar-refractivity contribution in [2.24, 2.45) is 4.99 Å². The van der Waals surface area contributed by atoms with Gasteiger partial charge in [0, 0.05) is 0 Å². The predicted molar refractivity (Wildman–Crippen MR) is 126 cm³/mol. The number of amidine groups is 1. The molecule has 0 saturated carbocycles. The number of benzene rings is 2. The lowest BCUT2D eigenvalue weighted by atomic mass is 10.0. The number of halogens is 3. The van der Waals surface area contributed by atoms with Crippen LogP contribution in [0.25, 0.3) is 6.08 Å². The number of amides is 2. The summed E-state index contributed by atoms with van der Waals surface area (Å²) in [6.07, 6.45) is -2.83. The molecule has 0 fully saturated rings. The number of thioether (sulfide) groups is 1. The van der Waals surface area contributed by atoms with Crippen molar-refractivity contribution < 1.29 is 22.8 Å². The minimum atomic E-state index is -4.49. The number of nitrogens with one attached hydrogen (secondary N) is 1. The fraction of sp³-hybridized carbons (Fsp3) is 0.292. The second kappa shape index (κ2) is 10.2. The van der Waals surface area contributed by atoms with E-state index in [0.717, 1.165) is 22.9 Å². The molecule has 1 aliphatic rings. The normalized spacial score (nSPS) is 15.4. The Kier molecular flexibility index (Phi) is 7.63. The Morgan fingerprint density at radius 2 is 1.76 bits per heavy atom. The quantitative estimate of drug-likeness (QED) is 0.579. The molecule has 0 spiro atoms. The summed E-state index contributed by atoms with van der Waals surface area (Å²) in [7, 11) is 0. The summed E-state index contributed by atoms with van der Waals surface area (Å²) in [5.74, 6) is -1.09. The maximum atomic E-state index is 13.2. The van der Waals surface area contributed by atoms with Gasteiger partial charge in [-0.25, -0.2) is 4.99 Å². The van der Waals surface area contributed by atoms with Gasteiger partial charge in [0.1, 0.15) is 12.2 Å². The number of aryl methyl sites for hydroxylation is 1. The van der Waals surface area contributed by atoms with E-state index < -0.39 is 18.6 Å². The maximum absolute atomic E-state index is 13.2. The molecule has 3 rings (SSSR count). The van der Waals surface area contributed by atoms with Crippen LogP contribution >= 0.6 is 11.8 Å². The number of carbonyl (C=O) groups excluding carboxylic acids is 2. The van der Waals surface area contributed by atoms with Crippen LogP contribution in [0.15, 0.2) is 59.2 Å². The number of hydrogen-bond acceptors (Lipinski definition) is 4. The highest BCUT2D eigenvalue weighted by Gasteiger charge is 2.33. The first-order chi connectivity index (χ1) is 15.5. The number of carbonyl (C=O) groups is 2. The molecule has 174 valence electrons. The van der Waals surface area contributed by atoms with Gasteiger partial charge in [0.2, 0.25) is 5.91 Å². The molecule has 0 radical (unpaired) electrons. The van der Waals surface area contributed by atoms with E-state index in [2.05, 4.69) is 18.8 Å². The van der Waals surface area contributed by atoms with Gasteiger partial charge in [-0.1, -0.05) is 67.6 Å². The standard InChI is InChI=1S/C24H24F3N3O2S/c1-15(2)18-8-6-17(7-9-18)12-20-22(32)30(19-10-4-16(3)5-11-19)23(29-20)33-13-21(31)28-14-24(25,26)27/h4-12,15H,13-14H2,1-3H3,(H,28,31). The van der Waals surface area contributed by atoms with Gasteiger partial charge in [0.15, 0.2) is 5.17 Å². The van der Waals surface area contributed by atoms with Crippen molar-refractivity contribution in [2.45, 2.75) is 32.9 Å². The molecule has 2 amide bonds. The molecule has 0 saturated heterocycles. The van der Waals surface area contributed by atoms with Crippen LogP contribution in [0.3, 0.4) is 0 Å². The van der Waals surface area contributed by atoms with Gasteiger partial charge >= 0.3 is 6.18 Å². The second-order valence-corrected chi connectivity index (χ2v) is 8.84. The van der Waals surface area contributed by atoms with E-state index >= 15 is 0 Å². The highest BCUT2D eigenvalue weighted by Crippen LogP contribution is 2.30. The molecular formula is C24H24F3N3O2S. The summed E-state index contributed by atoms with van der Waals surface area (Å²) in [5.41, 5.74) is 3.71. The third-order valence-electron chi connectivity index (χ3n) is 4.85. The minimum Gasteiger partial charge on any atom is -0.346 e. The van der Waals surface area contributed by atoms with E-state index in [1.54, 1.807) is 18.2 Å². The highest BCUT2D eigenvalue weighted by molar-refractivity contribution is 8.14. The fourth-order valence-corrected chi connectivity index (χ4v) is 3.87. The average Bonchev–Trinajstić information content (AvgIpc) is 3.06. The fourth-order valence-electron chi connectivity index (χ4n) is 3.03. The van der Waals surface area contributed by atoms with E-state index in [1.165, 1.54) is 10.5 Å². The van der Waals surface area contributed by atoms with Crippen LogP contribution in [0, 0.1) is 6.92 Å². The third kappa shape index (κ3) is 6.71. The highest BCUT2D eigenvalue weighted by atomic mass is 32.2. The Morgan fingerprint density at radius 1 is 1.12 bits per heavy atom. The van der Waals surface area contributed by atoms with Gasteiger partial charge in [-0.15, -0.1) is 0 Å². The molecule has 33 heavy (non-hydrogen) atoms. The molecule has 0 unspecified atom stereocenters. The Bertz CT molecular complexity index is 1080. The van der Waals surface area contributed by atoms with Crippen molar-refractivity contribution in [1.29, 1.82) is 0 Å². The van der Waals surface area contributed by atoms with E-state index in [1.807, 2.05) is 48.6 Å². The van der Waals surface area contributed by atoms with Crippen LogP contribution in [0.2, 0.25) is 0 Å². The maximum Gasteiger partial charge on any atom is 0.405 e. The molecular weight excluding hydrogens is 451 g/mol. The molecule has 0 atom stereocenters. The minimum absolute atomic E-state index is 0.186. The Hall–Kier alpha value is -3.07. The van der Waals surface area contributed by atoms with Crippen molar-refractivity contribution >= 4 is 40.5 Å². The molecule has 5 nitrogen and oxygen atoms in total. The second-order valence-electron chi connectivity index (χ2n) is 7.90. The van der Waals surface area contributed by atoms with Crippen LogP contribution in [0.5, 0.6) is 0 Å². The molecule has 1 heterocycles. The van der Waals surface area contributed by atoms with Crippen molar-refractivity contribution in [2.75, 3.05) is 17.2 Å². The molecule has 1 N–H and O–H groups in total. The van der Waals surface area contributed by atoms with Crippen LogP contribution in [-0.4, -0.2) is 35.5 Å². The smallest absolute Gasteiger partial charge is 0.346 e. The molecule has 0 aliphatic carbocycles. The third-order valence-corrected chi connectivity index (χ3v) is 5.79. The van der Waals surface area contributed by atoms with E-state index in [-0.39, 0.29) is 22.5 Å². The molecule has 0 bridgehead atoms. The summed E-state index contributed by atoms with van der Waals surface area (Å²) in [6, 6.07) is 15.0. The molecule has 2 aromatic carbocycles. The summed E-state index contributed by atoms with van der Waals surface area (Å²) in [5, 5.41) is 2.06. The molecule has 1 aliphatic heterocycles. The molecule has 0 aromatic heterocycles. The number of aliphatic imine (C=N–C) groups is 1. The first-order valence-corrected chi connectivity index (χ1v) is 11.3. The van der Waals surface area contributed by atoms with Crippen molar-refractivity contribution in [3.8, 4) is 0 Å². The Labute approximate surface area is 194 Å². The van der Waals surface area contributed by atoms with Gasteiger partial charge in [-0.2, -0.15) is 13.2 Å². The van der Waals surface area contributed by atoms with E-state index in [0.29, 0.717) is 11.6 Å². The van der Waals surface area contributed by atoms with Gasteiger partial charge < -0.3 is 5.32 Å². The van der Waals surface area contributed by atoms with Gasteiger partial charge in [-0.05, 0) is 42.2 Å². The lowest BCUT2D eigenvalue weighted by Crippen LogP contribution is -2.36. The summed E-state index contributed by atoms with van der Waals surface area (Å²) in [4.78, 5) is 30.8. The van der Waals surface area contributed by atoms with Crippen LogP contribution in [-0.2, 0) is 9.59 Å². The van der Waals surface area contributed by atoms with Crippen LogP contribution in [0.4, 0.5) is 18.9 Å². The number of nitrogens with zero attached hydrogens (tertiary/aromatic N) is 2. The largest absolute Gasteiger partial charge is 0.405 e. The number of rotatable bonds is 6. The lowest BCUT2D eigenvalue weighted by Gasteiger charge is -2.18. The van der Waals surface area contributed by atoms with Crippen molar-refractivity contribution in [3.05, 3.63) is 70.9 Å². The van der Waals surface area contributed by atoms with Crippen molar-refractivity contribution in [3.63, 3.8) is 0 Å². The zero-order valence-corrected chi connectivity index (χ0v) is 19.3. The number of anilines is 1. The zero-order chi connectivity index (χ0) is 24.2. The van der Waals surface area contributed by atoms with Crippen LogP contribution < -0.4 is 10.2 Å². The van der Waals surface area contributed by atoms with Gasteiger partial charge in [0.05, 0.1) is 11.4 Å². The number of alkyl halides is 3. The van der Waals surface area contributed by atoms with E-state index in [9.17, 15) is 22.8 Å². The average molecular weight is 476 g/mol.